The number of hydrogen-bond acceptors (Lipinski definition) is 4. The van der Waals surface area contributed by atoms with E-state index in [0.717, 1.165) is 19.4 Å². The summed E-state index contributed by atoms with van der Waals surface area (Å²) in [6.07, 6.45) is 2.09. The highest BCUT2D eigenvalue weighted by Gasteiger charge is 2.16. The molecule has 1 heterocycles. The molecule has 1 fully saturated rings. The highest BCUT2D eigenvalue weighted by atomic mass is 35.5. The molecular formula is C20H21ClFN3O3. The van der Waals surface area contributed by atoms with Gasteiger partial charge in [-0.1, -0.05) is 11.6 Å². The van der Waals surface area contributed by atoms with E-state index in [4.69, 9.17) is 16.3 Å². The number of carbonyl (C=O) groups excluding carboxylic acids is 2. The molecule has 0 radical (unpaired) electrons. The van der Waals surface area contributed by atoms with Gasteiger partial charge in [0.15, 0.2) is 0 Å². The highest BCUT2D eigenvalue weighted by Crippen LogP contribution is 2.19. The maximum Gasteiger partial charge on any atom is 0.251 e. The van der Waals surface area contributed by atoms with Crippen molar-refractivity contribution in [3.8, 4) is 0 Å². The quantitative estimate of drug-likeness (QED) is 0.659. The summed E-state index contributed by atoms with van der Waals surface area (Å²) in [6, 6.07) is 10.8. The average Bonchev–Trinajstić information content (AvgIpc) is 3.21. The van der Waals surface area contributed by atoms with Gasteiger partial charge in [-0.15, -0.1) is 0 Å². The zero-order chi connectivity index (χ0) is 19.9. The third kappa shape index (κ3) is 5.68. The smallest absolute Gasteiger partial charge is 0.251 e. The topological polar surface area (TPSA) is 79.5 Å². The first kappa shape index (κ1) is 20.1. The van der Waals surface area contributed by atoms with Crippen LogP contribution < -0.4 is 16.0 Å². The number of nitrogens with one attached hydrogen (secondary N) is 3. The van der Waals surface area contributed by atoms with Gasteiger partial charge in [0.25, 0.3) is 5.91 Å². The molecule has 6 nitrogen and oxygen atoms in total. The fraction of sp³-hybridized carbons (Fsp3) is 0.300. The van der Waals surface area contributed by atoms with Crippen LogP contribution in [0, 0.1) is 5.82 Å². The third-order valence-electron chi connectivity index (χ3n) is 4.32. The molecule has 148 valence electrons. The second kappa shape index (κ2) is 9.52. The van der Waals surface area contributed by atoms with E-state index in [0.29, 0.717) is 23.5 Å². The van der Waals surface area contributed by atoms with Crippen molar-refractivity contribution in [2.24, 2.45) is 0 Å². The number of ether oxygens (including phenoxy) is 1. The van der Waals surface area contributed by atoms with Crippen LogP contribution in [0.4, 0.5) is 15.8 Å². The Morgan fingerprint density at radius 3 is 2.57 bits per heavy atom. The van der Waals surface area contributed by atoms with E-state index in [9.17, 15) is 14.0 Å². The summed E-state index contributed by atoms with van der Waals surface area (Å²) in [6.45, 7) is 1.27. The molecule has 0 spiro atoms. The Morgan fingerprint density at radius 2 is 1.89 bits per heavy atom. The molecule has 1 atom stereocenters. The molecule has 1 saturated heterocycles. The van der Waals surface area contributed by atoms with Crippen molar-refractivity contribution >= 4 is 34.8 Å². The predicted molar refractivity (Wildman–Crippen MR) is 106 cm³/mol. The molecule has 3 N–H and O–H groups in total. The molecular weight excluding hydrogens is 385 g/mol. The van der Waals surface area contributed by atoms with Crippen LogP contribution in [0.15, 0.2) is 42.5 Å². The molecule has 1 unspecified atom stereocenters. The van der Waals surface area contributed by atoms with E-state index in [2.05, 4.69) is 16.0 Å². The SMILES string of the molecule is O=C(CNc1ccc(C(=O)NCC2CCCO2)cc1)Nc1ccc(F)c(Cl)c1. The summed E-state index contributed by atoms with van der Waals surface area (Å²) in [4.78, 5) is 24.1. The van der Waals surface area contributed by atoms with Gasteiger partial charge in [-0.05, 0) is 55.3 Å². The third-order valence-corrected chi connectivity index (χ3v) is 4.61. The lowest BCUT2D eigenvalue weighted by Crippen LogP contribution is -2.31. The van der Waals surface area contributed by atoms with Crippen LogP contribution >= 0.6 is 11.6 Å². The predicted octanol–water partition coefficient (Wildman–Crippen LogP) is 3.44. The van der Waals surface area contributed by atoms with Gasteiger partial charge < -0.3 is 20.7 Å². The van der Waals surface area contributed by atoms with Crippen LogP contribution in [-0.2, 0) is 9.53 Å². The molecule has 28 heavy (non-hydrogen) atoms. The Bertz CT molecular complexity index is 839. The van der Waals surface area contributed by atoms with E-state index in [1.807, 2.05) is 0 Å². The normalized spacial score (nSPS) is 15.9. The van der Waals surface area contributed by atoms with Crippen molar-refractivity contribution in [2.75, 3.05) is 30.3 Å². The van der Waals surface area contributed by atoms with E-state index in [1.165, 1.54) is 18.2 Å². The van der Waals surface area contributed by atoms with Gasteiger partial charge in [0, 0.05) is 30.1 Å². The maximum absolute atomic E-state index is 13.1. The minimum atomic E-state index is -0.544. The molecule has 2 aromatic carbocycles. The van der Waals surface area contributed by atoms with E-state index < -0.39 is 5.82 Å². The molecule has 2 aromatic rings. The molecule has 0 aromatic heterocycles. The zero-order valence-electron chi connectivity index (χ0n) is 15.1. The summed E-state index contributed by atoms with van der Waals surface area (Å²) < 4.78 is 18.6. The lowest BCUT2D eigenvalue weighted by Gasteiger charge is -2.11. The summed E-state index contributed by atoms with van der Waals surface area (Å²) in [5, 5.41) is 8.39. The summed E-state index contributed by atoms with van der Waals surface area (Å²) in [7, 11) is 0. The number of halogens is 2. The Labute approximate surface area is 167 Å². The van der Waals surface area contributed by atoms with Crippen molar-refractivity contribution in [3.05, 3.63) is 58.9 Å². The van der Waals surface area contributed by atoms with E-state index >= 15 is 0 Å². The number of benzene rings is 2. The fourth-order valence-electron chi connectivity index (χ4n) is 2.81. The number of anilines is 2. The van der Waals surface area contributed by atoms with Crippen LogP contribution in [0.2, 0.25) is 5.02 Å². The van der Waals surface area contributed by atoms with Gasteiger partial charge in [-0.3, -0.25) is 9.59 Å². The lowest BCUT2D eigenvalue weighted by atomic mass is 10.2. The number of carbonyl (C=O) groups is 2. The molecule has 8 heteroatoms. The molecule has 1 aliphatic heterocycles. The van der Waals surface area contributed by atoms with Crippen LogP contribution in [0.1, 0.15) is 23.2 Å². The second-order valence-corrected chi connectivity index (χ2v) is 6.86. The summed E-state index contributed by atoms with van der Waals surface area (Å²) >= 11 is 5.69. The Kier molecular flexibility index (Phi) is 6.84. The van der Waals surface area contributed by atoms with Crippen LogP contribution in [0.5, 0.6) is 0 Å². The van der Waals surface area contributed by atoms with Crippen molar-refractivity contribution in [1.29, 1.82) is 0 Å². The second-order valence-electron chi connectivity index (χ2n) is 6.45. The molecule has 2 amide bonds. The van der Waals surface area contributed by atoms with Crippen molar-refractivity contribution in [3.63, 3.8) is 0 Å². The van der Waals surface area contributed by atoms with Gasteiger partial charge >= 0.3 is 0 Å². The first-order valence-electron chi connectivity index (χ1n) is 9.00. The molecule has 0 bridgehead atoms. The molecule has 0 aliphatic carbocycles. The first-order chi connectivity index (χ1) is 13.5. The standard InChI is InChI=1S/C20H21ClFN3O3/c21-17-10-15(7-8-18(17)22)25-19(26)12-23-14-5-3-13(4-6-14)20(27)24-11-16-2-1-9-28-16/h3-8,10,16,23H,1-2,9,11-12H2,(H,24,27)(H,25,26). The fourth-order valence-corrected chi connectivity index (χ4v) is 3.00. The largest absolute Gasteiger partial charge is 0.376 e. The Morgan fingerprint density at radius 1 is 1.14 bits per heavy atom. The van der Waals surface area contributed by atoms with Crippen molar-refractivity contribution in [1.82, 2.24) is 5.32 Å². The zero-order valence-corrected chi connectivity index (χ0v) is 15.9. The van der Waals surface area contributed by atoms with Crippen LogP contribution in [0.3, 0.4) is 0 Å². The Hall–Kier alpha value is -2.64. The van der Waals surface area contributed by atoms with E-state index in [1.54, 1.807) is 24.3 Å². The number of rotatable bonds is 7. The highest BCUT2D eigenvalue weighted by molar-refractivity contribution is 6.31. The van der Waals surface area contributed by atoms with Crippen molar-refractivity contribution < 1.29 is 18.7 Å². The summed E-state index contributed by atoms with van der Waals surface area (Å²) in [5.74, 6) is -1.01. The van der Waals surface area contributed by atoms with Crippen LogP contribution in [0.25, 0.3) is 0 Å². The van der Waals surface area contributed by atoms with Crippen molar-refractivity contribution in [2.45, 2.75) is 18.9 Å². The Balaban J connectivity index is 1.44. The minimum Gasteiger partial charge on any atom is -0.376 e. The first-order valence-corrected chi connectivity index (χ1v) is 9.38. The van der Waals surface area contributed by atoms with Gasteiger partial charge in [0.2, 0.25) is 5.91 Å². The minimum absolute atomic E-state index is 0.0134. The molecule has 1 aliphatic rings. The molecule has 3 rings (SSSR count). The van der Waals surface area contributed by atoms with Gasteiger partial charge in [-0.2, -0.15) is 0 Å². The maximum atomic E-state index is 13.1. The summed E-state index contributed by atoms with van der Waals surface area (Å²) in [5.41, 5.74) is 1.65. The number of amides is 2. The lowest BCUT2D eigenvalue weighted by molar-refractivity contribution is -0.114. The number of hydrogen-bond donors (Lipinski definition) is 3. The molecule has 0 saturated carbocycles. The van der Waals surface area contributed by atoms with E-state index in [-0.39, 0.29) is 29.5 Å². The van der Waals surface area contributed by atoms with Gasteiger partial charge in [0.1, 0.15) is 5.82 Å². The van der Waals surface area contributed by atoms with Gasteiger partial charge in [0.05, 0.1) is 17.7 Å². The van der Waals surface area contributed by atoms with Gasteiger partial charge in [-0.25, -0.2) is 4.39 Å². The van der Waals surface area contributed by atoms with Crippen LogP contribution in [-0.4, -0.2) is 37.6 Å². The average molecular weight is 406 g/mol. The monoisotopic (exact) mass is 405 g/mol.